The smallest absolute Gasteiger partial charge is 0.243 e. The lowest BCUT2D eigenvalue weighted by atomic mass is 9.95. The van der Waals surface area contributed by atoms with Crippen molar-refractivity contribution in [3.63, 3.8) is 0 Å². The molecular formula is C18H22N2O3S. The maximum atomic E-state index is 12.7. The molecule has 24 heavy (non-hydrogen) atoms. The molecule has 0 unspecified atom stereocenters. The Kier molecular flexibility index (Phi) is 4.38. The molecule has 0 fully saturated rings. The van der Waals surface area contributed by atoms with E-state index in [4.69, 9.17) is 0 Å². The Morgan fingerprint density at radius 2 is 1.71 bits per heavy atom. The van der Waals surface area contributed by atoms with Crippen molar-refractivity contribution in [1.82, 2.24) is 4.31 Å². The third kappa shape index (κ3) is 2.81. The van der Waals surface area contributed by atoms with Gasteiger partial charge in [0.15, 0.2) is 0 Å². The van der Waals surface area contributed by atoms with E-state index in [9.17, 15) is 13.5 Å². The van der Waals surface area contributed by atoms with Gasteiger partial charge in [0.1, 0.15) is 0 Å². The first-order valence-electron chi connectivity index (χ1n) is 7.83. The van der Waals surface area contributed by atoms with Crippen LogP contribution in [0.1, 0.15) is 17.2 Å². The van der Waals surface area contributed by atoms with Gasteiger partial charge >= 0.3 is 0 Å². The van der Waals surface area contributed by atoms with Crippen LogP contribution >= 0.6 is 0 Å². The summed E-state index contributed by atoms with van der Waals surface area (Å²) < 4.78 is 26.7. The van der Waals surface area contributed by atoms with E-state index >= 15 is 0 Å². The Bertz CT molecular complexity index is 832. The Morgan fingerprint density at radius 3 is 2.33 bits per heavy atom. The molecule has 1 aliphatic rings. The van der Waals surface area contributed by atoms with Crippen molar-refractivity contribution in [2.75, 3.05) is 26.0 Å². The highest BCUT2D eigenvalue weighted by Crippen LogP contribution is 2.36. The Balaban J connectivity index is 1.94. The lowest BCUT2D eigenvalue weighted by molar-refractivity contribution is 0.0892. The molecule has 128 valence electrons. The van der Waals surface area contributed by atoms with Gasteiger partial charge in [-0.1, -0.05) is 30.3 Å². The molecule has 2 aromatic rings. The molecule has 1 heterocycles. The molecular weight excluding hydrogens is 324 g/mol. The Labute approximate surface area is 143 Å². The van der Waals surface area contributed by atoms with Gasteiger partial charge in [0.05, 0.1) is 17.0 Å². The van der Waals surface area contributed by atoms with Crippen molar-refractivity contribution >= 4 is 15.7 Å². The largest absolute Gasteiger partial charge is 0.387 e. The lowest BCUT2D eigenvalue weighted by Crippen LogP contribution is -2.46. The van der Waals surface area contributed by atoms with Crippen LogP contribution in [0, 0.1) is 0 Å². The average molecular weight is 346 g/mol. The number of anilines is 1. The lowest BCUT2D eigenvalue weighted by Gasteiger charge is -2.37. The van der Waals surface area contributed by atoms with E-state index in [0.717, 1.165) is 11.3 Å². The minimum Gasteiger partial charge on any atom is -0.387 e. The summed E-state index contributed by atoms with van der Waals surface area (Å²) in [5, 5.41) is 10.7. The summed E-state index contributed by atoms with van der Waals surface area (Å²) in [5.41, 5.74) is 2.55. The summed E-state index contributed by atoms with van der Waals surface area (Å²) in [6, 6.07) is 14.1. The van der Waals surface area contributed by atoms with Crippen LogP contribution in [0.4, 0.5) is 5.69 Å². The first-order chi connectivity index (χ1) is 11.3. The van der Waals surface area contributed by atoms with Crippen LogP contribution in [-0.4, -0.2) is 45.0 Å². The molecule has 6 heteroatoms. The van der Waals surface area contributed by atoms with E-state index in [-0.39, 0.29) is 4.90 Å². The molecule has 2 aromatic carbocycles. The fourth-order valence-corrected chi connectivity index (χ4v) is 4.70. The second-order valence-corrected chi connectivity index (χ2v) is 8.30. The van der Waals surface area contributed by atoms with E-state index in [0.29, 0.717) is 12.0 Å². The summed E-state index contributed by atoms with van der Waals surface area (Å²) >= 11 is 0. The summed E-state index contributed by atoms with van der Waals surface area (Å²) in [7, 11) is 1.89. The van der Waals surface area contributed by atoms with Gasteiger partial charge in [-0.15, -0.1) is 0 Å². The van der Waals surface area contributed by atoms with Crippen LogP contribution in [0.5, 0.6) is 0 Å². The fraction of sp³-hybridized carbons (Fsp3) is 0.333. The molecule has 0 aromatic heterocycles. The highest BCUT2D eigenvalue weighted by atomic mass is 32.2. The maximum absolute atomic E-state index is 12.7. The number of hydrogen-bond donors (Lipinski definition) is 1. The molecule has 0 radical (unpaired) electrons. The molecule has 0 saturated heterocycles. The van der Waals surface area contributed by atoms with Crippen molar-refractivity contribution in [2.45, 2.75) is 23.5 Å². The third-order valence-corrected chi connectivity index (χ3v) is 6.58. The number of rotatable bonds is 3. The first-order valence-corrected chi connectivity index (χ1v) is 9.27. The molecule has 3 rings (SSSR count). The zero-order valence-electron chi connectivity index (χ0n) is 14.0. The number of sulfonamides is 1. The van der Waals surface area contributed by atoms with Crippen molar-refractivity contribution in [1.29, 1.82) is 0 Å². The van der Waals surface area contributed by atoms with Crippen LogP contribution in [0.25, 0.3) is 0 Å². The zero-order chi connectivity index (χ0) is 17.5. The van der Waals surface area contributed by atoms with E-state index in [1.807, 2.05) is 43.3 Å². The van der Waals surface area contributed by atoms with Gasteiger partial charge in [0, 0.05) is 32.4 Å². The molecule has 5 nitrogen and oxygen atoms in total. The second-order valence-electron chi connectivity index (χ2n) is 6.34. The molecule has 0 saturated carbocycles. The number of fused-ring (bicyclic) bond motifs is 1. The van der Waals surface area contributed by atoms with Crippen molar-refractivity contribution in [2.24, 2.45) is 0 Å². The van der Waals surface area contributed by atoms with Gasteiger partial charge < -0.3 is 10.0 Å². The predicted molar refractivity (Wildman–Crippen MR) is 94.6 cm³/mol. The summed E-state index contributed by atoms with van der Waals surface area (Å²) in [6.07, 6.45) is -0.387. The summed E-state index contributed by atoms with van der Waals surface area (Å²) in [6.45, 7) is 0. The van der Waals surface area contributed by atoms with Gasteiger partial charge in [-0.2, -0.15) is 4.31 Å². The van der Waals surface area contributed by atoms with E-state index < -0.39 is 22.2 Å². The summed E-state index contributed by atoms with van der Waals surface area (Å²) in [4.78, 5) is 2.20. The van der Waals surface area contributed by atoms with Gasteiger partial charge in [0.2, 0.25) is 10.0 Å². The van der Waals surface area contributed by atoms with Gasteiger partial charge in [-0.05, 0) is 30.2 Å². The average Bonchev–Trinajstić information content (AvgIpc) is 2.58. The van der Waals surface area contributed by atoms with Crippen LogP contribution in [-0.2, 0) is 16.4 Å². The quantitative estimate of drug-likeness (QED) is 0.924. The number of nitrogens with zero attached hydrogens (tertiary/aromatic N) is 2. The van der Waals surface area contributed by atoms with Gasteiger partial charge in [-0.25, -0.2) is 8.42 Å². The zero-order valence-corrected chi connectivity index (χ0v) is 14.9. The molecule has 0 amide bonds. The maximum Gasteiger partial charge on any atom is 0.243 e. The van der Waals surface area contributed by atoms with Crippen LogP contribution in [0.15, 0.2) is 53.4 Å². The third-order valence-electron chi connectivity index (χ3n) is 4.62. The Morgan fingerprint density at radius 1 is 1.08 bits per heavy atom. The first kappa shape index (κ1) is 17.0. The number of aliphatic hydroxyl groups is 1. The number of hydrogen-bond acceptors (Lipinski definition) is 4. The predicted octanol–water partition coefficient (Wildman–Crippen LogP) is 2.03. The van der Waals surface area contributed by atoms with Crippen molar-refractivity contribution in [3.8, 4) is 0 Å². The number of aliphatic hydroxyl groups excluding tert-OH is 1. The van der Waals surface area contributed by atoms with E-state index in [1.54, 1.807) is 24.3 Å². The monoisotopic (exact) mass is 346 g/mol. The molecule has 0 aliphatic carbocycles. The number of benzene rings is 2. The van der Waals surface area contributed by atoms with Crippen molar-refractivity contribution in [3.05, 3.63) is 59.7 Å². The normalized spacial score (nSPS) is 22.8. The van der Waals surface area contributed by atoms with E-state index in [2.05, 4.69) is 0 Å². The number of likely N-dealkylation sites (N-methyl/N-ethyl adjacent to an activating group) is 1. The molecule has 1 aliphatic heterocycles. The van der Waals surface area contributed by atoms with E-state index in [1.165, 1.54) is 11.4 Å². The molecule has 1 N–H and O–H groups in total. The molecule has 2 atom stereocenters. The summed E-state index contributed by atoms with van der Waals surface area (Å²) in [5.74, 6) is 0. The standard InChI is InChI=1S/C18H22N2O3S/c1-19(2)14-10-8-13(9-11-14)12-16-18(21)15-6-4-5-7-17(15)24(22,23)20(16)3/h4-11,16,18,21H,12H2,1-3H3/t16-,18-/m0/s1. The highest BCUT2D eigenvalue weighted by molar-refractivity contribution is 7.89. The van der Waals surface area contributed by atoms with Gasteiger partial charge in [-0.3, -0.25) is 0 Å². The van der Waals surface area contributed by atoms with Crippen molar-refractivity contribution < 1.29 is 13.5 Å². The minimum absolute atomic E-state index is 0.194. The fourth-order valence-electron chi connectivity index (χ4n) is 3.11. The van der Waals surface area contributed by atoms with Gasteiger partial charge in [0.25, 0.3) is 0 Å². The SMILES string of the molecule is CN(C)c1ccc(C[C@H]2[C@@H](O)c3ccccc3S(=O)(=O)N2C)cc1. The van der Waals surface area contributed by atoms with Crippen LogP contribution in [0.3, 0.4) is 0 Å². The Hall–Kier alpha value is -1.89. The van der Waals surface area contributed by atoms with Crippen LogP contribution in [0.2, 0.25) is 0 Å². The molecule has 0 spiro atoms. The van der Waals surface area contributed by atoms with Crippen LogP contribution < -0.4 is 4.90 Å². The highest BCUT2D eigenvalue weighted by Gasteiger charge is 2.41. The minimum atomic E-state index is -3.58. The molecule has 0 bridgehead atoms. The second kappa shape index (κ2) is 6.20. The topological polar surface area (TPSA) is 60.9 Å².